The Hall–Kier alpha value is -0.700. The van der Waals surface area contributed by atoms with E-state index >= 15 is 0 Å². The standard InChI is InChI=1S/C14H21BrN2/c1-3-11-5-4-6-17(9-11)14-7-10(2)13(16)8-12(14)15/h7-8,11H,3-6,9,16H2,1-2H3. The number of nitrogen functional groups attached to an aromatic ring is 1. The lowest BCUT2D eigenvalue weighted by Crippen LogP contribution is -2.35. The summed E-state index contributed by atoms with van der Waals surface area (Å²) in [7, 11) is 0. The molecule has 1 aliphatic rings. The van der Waals surface area contributed by atoms with Gasteiger partial charge < -0.3 is 10.6 Å². The van der Waals surface area contributed by atoms with Crippen LogP contribution in [0.25, 0.3) is 0 Å². The van der Waals surface area contributed by atoms with Crippen LogP contribution in [0.5, 0.6) is 0 Å². The van der Waals surface area contributed by atoms with Crippen molar-refractivity contribution in [2.75, 3.05) is 23.7 Å². The van der Waals surface area contributed by atoms with Gasteiger partial charge in [0.25, 0.3) is 0 Å². The lowest BCUT2D eigenvalue weighted by Gasteiger charge is -2.35. The van der Waals surface area contributed by atoms with Gasteiger partial charge in [0.1, 0.15) is 0 Å². The van der Waals surface area contributed by atoms with E-state index in [0.717, 1.165) is 16.1 Å². The third kappa shape index (κ3) is 2.76. The van der Waals surface area contributed by atoms with Crippen LogP contribution in [0.2, 0.25) is 0 Å². The minimum absolute atomic E-state index is 0.841. The summed E-state index contributed by atoms with van der Waals surface area (Å²) in [6, 6.07) is 4.23. The van der Waals surface area contributed by atoms with Gasteiger partial charge in [-0.3, -0.25) is 0 Å². The van der Waals surface area contributed by atoms with E-state index in [0.29, 0.717) is 0 Å². The maximum absolute atomic E-state index is 5.92. The number of aryl methyl sites for hydroxylation is 1. The van der Waals surface area contributed by atoms with Crippen LogP contribution in [0.3, 0.4) is 0 Å². The summed E-state index contributed by atoms with van der Waals surface area (Å²) in [6.45, 7) is 6.71. The Morgan fingerprint density at radius 3 is 2.94 bits per heavy atom. The first-order valence-electron chi connectivity index (χ1n) is 6.42. The van der Waals surface area contributed by atoms with E-state index in [2.05, 4.69) is 40.7 Å². The van der Waals surface area contributed by atoms with Gasteiger partial charge in [-0.15, -0.1) is 0 Å². The number of hydrogen-bond donors (Lipinski definition) is 1. The number of piperidine rings is 1. The molecule has 2 N–H and O–H groups in total. The molecule has 0 bridgehead atoms. The van der Waals surface area contributed by atoms with Gasteiger partial charge in [-0.2, -0.15) is 0 Å². The van der Waals surface area contributed by atoms with Gasteiger partial charge in [0, 0.05) is 23.2 Å². The highest BCUT2D eigenvalue weighted by Crippen LogP contribution is 2.33. The number of halogens is 1. The minimum Gasteiger partial charge on any atom is -0.398 e. The van der Waals surface area contributed by atoms with Crippen LogP contribution in [0.15, 0.2) is 16.6 Å². The maximum Gasteiger partial charge on any atom is 0.0514 e. The van der Waals surface area contributed by atoms with Crippen molar-refractivity contribution in [1.82, 2.24) is 0 Å². The SMILES string of the molecule is CCC1CCCN(c2cc(C)c(N)cc2Br)C1. The van der Waals surface area contributed by atoms with Crippen LogP contribution >= 0.6 is 15.9 Å². The average Bonchev–Trinajstić information content (AvgIpc) is 2.34. The largest absolute Gasteiger partial charge is 0.398 e. The fourth-order valence-electron chi connectivity index (χ4n) is 2.54. The highest BCUT2D eigenvalue weighted by molar-refractivity contribution is 9.10. The first kappa shape index (κ1) is 12.7. The van der Waals surface area contributed by atoms with Crippen molar-refractivity contribution >= 4 is 27.3 Å². The number of benzene rings is 1. The van der Waals surface area contributed by atoms with Crippen LogP contribution in [0.1, 0.15) is 31.7 Å². The Morgan fingerprint density at radius 1 is 1.47 bits per heavy atom. The summed E-state index contributed by atoms with van der Waals surface area (Å²) in [6.07, 6.45) is 3.95. The molecular formula is C14H21BrN2. The second-order valence-corrected chi connectivity index (χ2v) is 5.88. The quantitative estimate of drug-likeness (QED) is 0.837. The molecular weight excluding hydrogens is 276 g/mol. The van der Waals surface area contributed by atoms with E-state index in [1.807, 2.05) is 6.07 Å². The van der Waals surface area contributed by atoms with Crippen LogP contribution in [0, 0.1) is 12.8 Å². The van der Waals surface area contributed by atoms with E-state index in [1.54, 1.807) is 0 Å². The molecule has 2 nitrogen and oxygen atoms in total. The van der Waals surface area contributed by atoms with Gasteiger partial charge in [0.2, 0.25) is 0 Å². The maximum atomic E-state index is 5.92. The molecule has 2 rings (SSSR count). The van der Waals surface area contributed by atoms with Crippen molar-refractivity contribution in [3.63, 3.8) is 0 Å². The van der Waals surface area contributed by atoms with Crippen molar-refractivity contribution in [1.29, 1.82) is 0 Å². The molecule has 1 aromatic rings. The number of anilines is 2. The zero-order valence-corrected chi connectivity index (χ0v) is 12.3. The molecule has 0 amide bonds. The Morgan fingerprint density at radius 2 is 2.24 bits per heavy atom. The van der Waals surface area contributed by atoms with Crippen molar-refractivity contribution < 1.29 is 0 Å². The van der Waals surface area contributed by atoms with Crippen molar-refractivity contribution in [2.24, 2.45) is 5.92 Å². The zero-order valence-electron chi connectivity index (χ0n) is 10.7. The van der Waals surface area contributed by atoms with E-state index in [1.165, 1.54) is 43.6 Å². The lowest BCUT2D eigenvalue weighted by molar-refractivity contribution is 0.404. The van der Waals surface area contributed by atoms with Gasteiger partial charge >= 0.3 is 0 Å². The summed E-state index contributed by atoms with van der Waals surface area (Å²) in [5.74, 6) is 0.841. The van der Waals surface area contributed by atoms with E-state index in [9.17, 15) is 0 Å². The molecule has 0 radical (unpaired) electrons. The van der Waals surface area contributed by atoms with E-state index in [-0.39, 0.29) is 0 Å². The molecule has 17 heavy (non-hydrogen) atoms. The molecule has 1 unspecified atom stereocenters. The predicted molar refractivity (Wildman–Crippen MR) is 78.5 cm³/mol. The highest BCUT2D eigenvalue weighted by atomic mass is 79.9. The van der Waals surface area contributed by atoms with Crippen molar-refractivity contribution in [3.05, 3.63) is 22.2 Å². The summed E-state index contributed by atoms with van der Waals surface area (Å²) < 4.78 is 1.12. The normalized spacial score (nSPS) is 20.6. The first-order chi connectivity index (χ1) is 8.11. The molecule has 3 heteroatoms. The van der Waals surface area contributed by atoms with Gasteiger partial charge in [-0.1, -0.05) is 13.3 Å². The van der Waals surface area contributed by atoms with E-state index < -0.39 is 0 Å². The van der Waals surface area contributed by atoms with Gasteiger partial charge in [-0.05, 0) is 59.3 Å². The molecule has 1 atom stereocenters. The third-order valence-electron chi connectivity index (χ3n) is 3.77. The van der Waals surface area contributed by atoms with Crippen LogP contribution in [0.4, 0.5) is 11.4 Å². The number of rotatable bonds is 2. The fourth-order valence-corrected chi connectivity index (χ4v) is 3.15. The van der Waals surface area contributed by atoms with Crippen LogP contribution in [-0.2, 0) is 0 Å². The molecule has 0 spiro atoms. The predicted octanol–water partition coefficient (Wildman–Crippen LogP) is 3.97. The zero-order chi connectivity index (χ0) is 12.4. The molecule has 0 aliphatic carbocycles. The van der Waals surface area contributed by atoms with Crippen molar-refractivity contribution in [2.45, 2.75) is 33.1 Å². The summed E-state index contributed by atoms with van der Waals surface area (Å²) in [4.78, 5) is 2.49. The summed E-state index contributed by atoms with van der Waals surface area (Å²) in [5, 5.41) is 0. The molecule has 1 aliphatic heterocycles. The Bertz CT molecular complexity index is 403. The third-order valence-corrected chi connectivity index (χ3v) is 4.41. The topological polar surface area (TPSA) is 29.3 Å². The second-order valence-electron chi connectivity index (χ2n) is 5.02. The molecule has 1 saturated heterocycles. The summed E-state index contributed by atoms with van der Waals surface area (Å²) >= 11 is 3.64. The monoisotopic (exact) mass is 296 g/mol. The molecule has 1 aromatic carbocycles. The Balaban J connectivity index is 2.24. The smallest absolute Gasteiger partial charge is 0.0514 e. The van der Waals surface area contributed by atoms with Crippen LogP contribution < -0.4 is 10.6 Å². The Kier molecular flexibility index (Phi) is 3.97. The highest BCUT2D eigenvalue weighted by Gasteiger charge is 2.20. The Labute approximate surface area is 112 Å². The molecule has 0 saturated carbocycles. The van der Waals surface area contributed by atoms with Gasteiger partial charge in [0.15, 0.2) is 0 Å². The van der Waals surface area contributed by atoms with Gasteiger partial charge in [-0.25, -0.2) is 0 Å². The number of nitrogens with zero attached hydrogens (tertiary/aromatic N) is 1. The molecule has 0 aromatic heterocycles. The van der Waals surface area contributed by atoms with Crippen LogP contribution in [-0.4, -0.2) is 13.1 Å². The van der Waals surface area contributed by atoms with Crippen molar-refractivity contribution in [3.8, 4) is 0 Å². The lowest BCUT2D eigenvalue weighted by atomic mass is 9.95. The number of nitrogens with two attached hydrogens (primary N) is 1. The van der Waals surface area contributed by atoms with E-state index in [4.69, 9.17) is 5.73 Å². The second kappa shape index (κ2) is 5.30. The molecule has 1 heterocycles. The minimum atomic E-state index is 0.841. The molecule has 1 fully saturated rings. The van der Waals surface area contributed by atoms with Gasteiger partial charge in [0.05, 0.1) is 5.69 Å². The fraction of sp³-hybridized carbons (Fsp3) is 0.571. The first-order valence-corrected chi connectivity index (χ1v) is 7.21. The average molecular weight is 297 g/mol. The number of hydrogen-bond acceptors (Lipinski definition) is 2. The summed E-state index contributed by atoms with van der Waals surface area (Å²) in [5.41, 5.74) is 9.26. The molecule has 94 valence electrons.